The van der Waals surface area contributed by atoms with Crippen molar-refractivity contribution >= 4 is 76.6 Å². The average Bonchev–Trinajstić information content (AvgIpc) is 3.14. The smallest absolute Gasteiger partial charge is 0.871 e. The van der Waals surface area contributed by atoms with Gasteiger partial charge in [-0.3, -0.25) is 20.2 Å². The van der Waals surface area contributed by atoms with E-state index in [-0.39, 0.29) is 62.3 Å². The Labute approximate surface area is 320 Å². The normalized spacial score (nSPS) is 11.4. The zero-order valence-electron chi connectivity index (χ0n) is 27.5. The molecule has 1 radical (unpaired) electrons. The summed E-state index contributed by atoms with van der Waals surface area (Å²) in [5.74, 6) is -2.24. The molecule has 0 saturated heterocycles. The van der Waals surface area contributed by atoms with Gasteiger partial charge in [0.25, 0.3) is 11.4 Å². The summed E-state index contributed by atoms with van der Waals surface area (Å²) in [4.78, 5) is 19.5. The Morgan fingerprint density at radius 3 is 1.45 bits per heavy atom. The summed E-state index contributed by atoms with van der Waals surface area (Å²) in [7, 11) is -5.11. The van der Waals surface area contributed by atoms with Crippen molar-refractivity contribution in [1.29, 1.82) is 0 Å². The third-order valence-electron chi connectivity index (χ3n) is 7.89. The maximum absolute atomic E-state index is 12.5. The molecule has 273 valence electrons. The van der Waals surface area contributed by atoms with Crippen LogP contribution < -0.4 is 20.4 Å². The second-order valence-electron chi connectivity index (χ2n) is 11.2. The van der Waals surface area contributed by atoms with Crippen LogP contribution in [0, 0.1) is 20.2 Å². The SMILES string of the molecule is O=[N+]([O-])c1ccc([O-])c(N=Nc2c([O-])ccc3ccccc23)c1.O=[N+]([O-])c1ccc2c(N=Nc3c([O-])ccc4ccccc34)c([O-])cc(S(=O)(=O)[O-])c2c1.[Cr+3]. The molecule has 0 atom stereocenters. The van der Waals surface area contributed by atoms with Crippen molar-refractivity contribution in [3.63, 3.8) is 0 Å². The second kappa shape index (κ2) is 15.9. The number of nitro groups is 2. The van der Waals surface area contributed by atoms with Crippen LogP contribution in [0.25, 0.3) is 32.3 Å². The van der Waals surface area contributed by atoms with Crippen LogP contribution in [-0.4, -0.2) is 22.8 Å². The van der Waals surface area contributed by atoms with Gasteiger partial charge >= 0.3 is 17.4 Å². The van der Waals surface area contributed by atoms with Crippen molar-refractivity contribution in [1.82, 2.24) is 0 Å². The number of azo groups is 2. The molecule has 0 bridgehead atoms. The van der Waals surface area contributed by atoms with Crippen LogP contribution in [0.2, 0.25) is 0 Å². The zero-order valence-corrected chi connectivity index (χ0v) is 29.6. The molecule has 55 heavy (non-hydrogen) atoms. The average molecular weight is 796 g/mol. The summed E-state index contributed by atoms with van der Waals surface area (Å²) in [5, 5.41) is 87.8. The molecule has 7 aromatic carbocycles. The summed E-state index contributed by atoms with van der Waals surface area (Å²) in [6.45, 7) is 0. The fourth-order valence-electron chi connectivity index (χ4n) is 5.34. The van der Waals surface area contributed by atoms with E-state index in [1.165, 1.54) is 12.1 Å². The molecule has 0 aliphatic heterocycles. The van der Waals surface area contributed by atoms with Gasteiger partial charge in [-0.15, -0.1) is 0 Å². The molecular weight excluding hydrogens is 776 g/mol. The zero-order chi connectivity index (χ0) is 38.7. The topological polar surface area (TPSA) is 285 Å². The summed E-state index contributed by atoms with van der Waals surface area (Å²) >= 11 is 0. The standard InChI is InChI=1S/C20H13N3O7S.C16H11N3O4.Cr/c24-16-8-5-11-3-1-2-4-13(11)19(16)21-22-20-14-7-6-12(23(26)27)9-15(14)18(10-17(20)25)31(28,29)30;20-14-8-6-11(19(22)23)9-13(14)17-18-16-12-4-2-1-3-10(12)5-7-15(16)21;/h1-10,24-25H,(H,28,29,30);1-9,20-21H;/q;;+3/p-5. The van der Waals surface area contributed by atoms with E-state index in [1.54, 1.807) is 48.5 Å². The van der Waals surface area contributed by atoms with Crippen LogP contribution in [0.5, 0.6) is 23.0 Å². The second-order valence-corrected chi connectivity index (χ2v) is 12.6. The molecule has 0 unspecified atom stereocenters. The van der Waals surface area contributed by atoms with Gasteiger partial charge < -0.3 is 25.0 Å². The van der Waals surface area contributed by atoms with E-state index in [4.69, 9.17) is 0 Å². The molecular formula is C36H19CrN6O11S-2. The number of hydrogen-bond donors (Lipinski definition) is 0. The summed E-state index contributed by atoms with van der Waals surface area (Å²) in [6.07, 6.45) is 0. The minimum atomic E-state index is -5.11. The van der Waals surface area contributed by atoms with Crippen LogP contribution in [-0.2, 0) is 27.5 Å². The van der Waals surface area contributed by atoms with E-state index in [2.05, 4.69) is 20.5 Å². The molecule has 0 fully saturated rings. The van der Waals surface area contributed by atoms with Crippen LogP contribution in [0.1, 0.15) is 0 Å². The van der Waals surface area contributed by atoms with E-state index < -0.39 is 47.8 Å². The van der Waals surface area contributed by atoms with Crippen molar-refractivity contribution < 1.29 is 60.6 Å². The van der Waals surface area contributed by atoms with Gasteiger partial charge in [0, 0.05) is 45.8 Å². The van der Waals surface area contributed by atoms with Crippen LogP contribution in [0.3, 0.4) is 0 Å². The number of rotatable bonds is 7. The number of hydrogen-bond acceptors (Lipinski definition) is 15. The van der Waals surface area contributed by atoms with Gasteiger partial charge in [-0.25, -0.2) is 8.42 Å². The van der Waals surface area contributed by atoms with Crippen molar-refractivity contribution in [2.75, 3.05) is 0 Å². The number of nitro benzene ring substituents is 2. The largest absolute Gasteiger partial charge is 3.00 e. The van der Waals surface area contributed by atoms with Crippen molar-refractivity contribution in [3.8, 4) is 23.0 Å². The van der Waals surface area contributed by atoms with Crippen LogP contribution in [0.15, 0.2) is 141 Å². The van der Waals surface area contributed by atoms with E-state index in [9.17, 15) is 53.6 Å². The summed E-state index contributed by atoms with van der Waals surface area (Å²) < 4.78 is 34.8. The fourth-order valence-corrected chi connectivity index (χ4v) is 6.03. The molecule has 0 aliphatic carbocycles. The molecule has 0 amide bonds. The minimum Gasteiger partial charge on any atom is -0.871 e. The van der Waals surface area contributed by atoms with Crippen LogP contribution >= 0.6 is 0 Å². The van der Waals surface area contributed by atoms with E-state index >= 15 is 0 Å². The maximum Gasteiger partial charge on any atom is 3.00 e. The Bertz CT molecular complexity index is 2840. The molecule has 19 heteroatoms. The van der Waals surface area contributed by atoms with Gasteiger partial charge in [0.1, 0.15) is 10.1 Å². The first-order valence-electron chi connectivity index (χ1n) is 15.3. The number of nitrogens with zero attached hydrogens (tertiary/aromatic N) is 6. The van der Waals surface area contributed by atoms with Gasteiger partial charge in [0.2, 0.25) is 0 Å². The molecule has 0 heterocycles. The number of fused-ring (bicyclic) bond motifs is 3. The quantitative estimate of drug-likeness (QED) is 0.0709. The molecule has 0 spiro atoms. The van der Waals surface area contributed by atoms with Gasteiger partial charge in [0.15, 0.2) is 0 Å². The maximum atomic E-state index is 12.5. The van der Waals surface area contributed by atoms with Crippen molar-refractivity contribution in [3.05, 3.63) is 135 Å². The third kappa shape index (κ3) is 8.30. The molecule has 7 aromatic rings. The number of non-ortho nitro benzene ring substituents is 2. The first kappa shape index (κ1) is 39.2. The Morgan fingerprint density at radius 2 is 0.927 bits per heavy atom. The molecule has 0 aliphatic rings. The summed E-state index contributed by atoms with van der Waals surface area (Å²) in [6, 6.07) is 26.7. The van der Waals surface area contributed by atoms with Crippen LogP contribution in [0.4, 0.5) is 34.1 Å². The molecule has 0 aromatic heterocycles. The first-order valence-corrected chi connectivity index (χ1v) is 16.7. The predicted molar refractivity (Wildman–Crippen MR) is 186 cm³/mol. The minimum absolute atomic E-state index is 0. The van der Waals surface area contributed by atoms with Crippen molar-refractivity contribution in [2.45, 2.75) is 4.90 Å². The Hall–Kier alpha value is -7.04. The molecule has 0 saturated carbocycles. The van der Waals surface area contributed by atoms with Gasteiger partial charge in [-0.05, 0) is 22.9 Å². The molecule has 17 nitrogen and oxygen atoms in total. The van der Waals surface area contributed by atoms with Gasteiger partial charge in [0.05, 0.1) is 37.5 Å². The fraction of sp³-hybridized carbons (Fsp3) is 0. The predicted octanol–water partition coefficient (Wildman–Crippen LogP) is 6.68. The number of benzene rings is 7. The molecule has 7 rings (SSSR count). The Kier molecular flexibility index (Phi) is 11.3. The van der Waals surface area contributed by atoms with E-state index in [0.717, 1.165) is 41.8 Å². The first-order chi connectivity index (χ1) is 25.7. The monoisotopic (exact) mass is 795 g/mol. The van der Waals surface area contributed by atoms with Gasteiger partial charge in [-0.2, -0.15) is 20.5 Å². The molecule has 0 N–H and O–H groups in total. The van der Waals surface area contributed by atoms with E-state index in [1.807, 2.05) is 12.1 Å². The van der Waals surface area contributed by atoms with E-state index in [0.29, 0.717) is 22.2 Å². The summed E-state index contributed by atoms with van der Waals surface area (Å²) in [5.41, 5.74) is -1.23. The Morgan fingerprint density at radius 1 is 0.473 bits per heavy atom. The Balaban J connectivity index is 0.000000216. The van der Waals surface area contributed by atoms with Crippen molar-refractivity contribution in [2.24, 2.45) is 20.5 Å². The third-order valence-corrected chi connectivity index (χ3v) is 8.76. The van der Waals surface area contributed by atoms with Gasteiger partial charge in [-0.1, -0.05) is 102 Å².